The number of hydrogen-bond acceptors (Lipinski definition) is 10. The van der Waals surface area contributed by atoms with Crippen LogP contribution < -0.4 is 0 Å². The third-order valence-electron chi connectivity index (χ3n) is 11.5. The molecule has 0 aromatic carbocycles. The highest BCUT2D eigenvalue weighted by atomic mass is 31.2. The number of ether oxygens (including phenoxy) is 3. The molecule has 0 bridgehead atoms. The minimum Gasteiger partial charge on any atom is -0.462 e. The van der Waals surface area contributed by atoms with E-state index in [1.54, 1.807) is 0 Å². The maximum Gasteiger partial charge on any atom is 0.472 e. The fourth-order valence-electron chi connectivity index (χ4n) is 7.18. The van der Waals surface area contributed by atoms with Crippen molar-refractivity contribution in [2.24, 2.45) is 0 Å². The van der Waals surface area contributed by atoms with Gasteiger partial charge in [0.25, 0.3) is 0 Å². The van der Waals surface area contributed by atoms with Crippen LogP contribution in [0.1, 0.15) is 213 Å². The number of carbonyl (C=O) groups excluding carboxylic acids is 3. The Labute approximate surface area is 461 Å². The molecule has 11 nitrogen and oxygen atoms in total. The third-order valence-corrected chi connectivity index (χ3v) is 12.5. The van der Waals surface area contributed by atoms with Crippen molar-refractivity contribution in [1.29, 1.82) is 0 Å². The molecule has 0 fully saturated rings. The maximum atomic E-state index is 12.9. The molecule has 0 saturated carbocycles. The van der Waals surface area contributed by atoms with E-state index in [-0.39, 0.29) is 25.9 Å². The summed E-state index contributed by atoms with van der Waals surface area (Å²) in [7, 11) is -4.78. The van der Waals surface area contributed by atoms with Gasteiger partial charge in [0.05, 0.1) is 19.8 Å². The van der Waals surface area contributed by atoms with Gasteiger partial charge in [0.1, 0.15) is 12.7 Å². The number of rotatable bonds is 52. The molecule has 0 aliphatic carbocycles. The number of allylic oxidation sites excluding steroid dienone is 22. The van der Waals surface area contributed by atoms with Crippen molar-refractivity contribution in [3.8, 4) is 0 Å². The lowest BCUT2D eigenvalue weighted by atomic mass is 10.1. The predicted molar refractivity (Wildman–Crippen MR) is 316 cm³/mol. The first-order valence-electron chi connectivity index (χ1n) is 29.1. The highest BCUT2D eigenvalue weighted by Crippen LogP contribution is 2.43. The summed E-state index contributed by atoms with van der Waals surface area (Å²) in [5, 5.41) is 9.81. The summed E-state index contributed by atoms with van der Waals surface area (Å²) < 4.78 is 39.4. The lowest BCUT2D eigenvalue weighted by Crippen LogP contribution is -2.30. The van der Waals surface area contributed by atoms with Gasteiger partial charge in [-0.2, -0.15) is 0 Å². The van der Waals surface area contributed by atoms with Gasteiger partial charge < -0.3 is 24.2 Å². The average molecular weight is 1080 g/mol. The van der Waals surface area contributed by atoms with E-state index in [9.17, 15) is 28.9 Å². The van der Waals surface area contributed by atoms with Crippen LogP contribution in [0.15, 0.2) is 134 Å². The minimum atomic E-state index is -4.78. The Morgan fingerprint density at radius 1 is 0.382 bits per heavy atom. The zero-order valence-electron chi connectivity index (χ0n) is 47.4. The smallest absolute Gasteiger partial charge is 0.462 e. The zero-order chi connectivity index (χ0) is 55.5. The second-order valence-electron chi connectivity index (χ2n) is 18.7. The third kappa shape index (κ3) is 54.4. The molecule has 0 heterocycles. The van der Waals surface area contributed by atoms with Crippen LogP contribution in [0.5, 0.6) is 0 Å². The fraction of sp³-hybridized carbons (Fsp3) is 0.609. The van der Waals surface area contributed by atoms with Gasteiger partial charge in [-0.1, -0.05) is 199 Å². The molecular weight excluding hydrogens is 976 g/mol. The Balaban J connectivity index is 4.90. The fourth-order valence-corrected chi connectivity index (χ4v) is 7.96. The number of aliphatic hydroxyl groups excluding tert-OH is 1. The molecule has 0 rings (SSSR count). The molecule has 0 radical (unpaired) electrons. The molecular formula is C64H103O11P. The second-order valence-corrected chi connectivity index (χ2v) is 20.1. The van der Waals surface area contributed by atoms with Crippen molar-refractivity contribution >= 4 is 25.7 Å². The molecule has 0 aliphatic rings. The number of carbonyl (C=O) groups is 3. The van der Waals surface area contributed by atoms with Gasteiger partial charge in [-0.25, -0.2) is 4.57 Å². The quantitative estimate of drug-likeness (QED) is 0.0197. The molecule has 0 saturated heterocycles. The summed E-state index contributed by atoms with van der Waals surface area (Å²) in [6, 6.07) is 0. The predicted octanol–water partition coefficient (Wildman–Crippen LogP) is 17.4. The van der Waals surface area contributed by atoms with Gasteiger partial charge in [-0.15, -0.1) is 0 Å². The van der Waals surface area contributed by atoms with E-state index >= 15 is 0 Å². The number of phosphoric acid groups is 1. The van der Waals surface area contributed by atoms with Crippen LogP contribution in [0.25, 0.3) is 0 Å². The van der Waals surface area contributed by atoms with E-state index in [4.69, 9.17) is 23.3 Å². The Hall–Kier alpha value is -4.38. The number of aliphatic hydroxyl groups is 1. The molecule has 0 aliphatic heterocycles. The summed E-state index contributed by atoms with van der Waals surface area (Å²) in [4.78, 5) is 48.5. The summed E-state index contributed by atoms with van der Waals surface area (Å²) in [5.74, 6) is -1.60. The number of unbranched alkanes of at least 4 members (excludes halogenated alkanes) is 13. The molecule has 0 aromatic heterocycles. The van der Waals surface area contributed by atoms with E-state index in [2.05, 4.69) is 148 Å². The normalized spacial score (nSPS) is 14.3. The summed E-state index contributed by atoms with van der Waals surface area (Å²) in [5.41, 5.74) is 0. The van der Waals surface area contributed by atoms with Gasteiger partial charge >= 0.3 is 25.7 Å². The van der Waals surface area contributed by atoms with Gasteiger partial charge in [0.2, 0.25) is 0 Å². The van der Waals surface area contributed by atoms with Crippen molar-refractivity contribution < 1.29 is 52.2 Å². The molecule has 12 heteroatoms. The molecule has 76 heavy (non-hydrogen) atoms. The van der Waals surface area contributed by atoms with E-state index in [0.29, 0.717) is 25.7 Å². The van der Waals surface area contributed by atoms with Crippen molar-refractivity contribution in [3.05, 3.63) is 134 Å². The Morgan fingerprint density at radius 3 is 1.12 bits per heavy atom. The lowest BCUT2D eigenvalue weighted by molar-refractivity contribution is -0.161. The van der Waals surface area contributed by atoms with E-state index in [1.807, 2.05) is 6.08 Å². The SMILES string of the molecule is CC/C=C\C/C=C\C/C=C\C/C=C\C/C=C\CCCCCC(=O)OC(COC(=O)CCC/C=C\C/C=C\C/C=C\C/C=C\C/C=C\CC)COP(=O)(O)OCC(CO)OC(=O)CCCCCCC/C=C\CCCCCC. The van der Waals surface area contributed by atoms with Crippen LogP contribution in [-0.4, -0.2) is 66.5 Å². The van der Waals surface area contributed by atoms with Gasteiger partial charge in [0.15, 0.2) is 6.10 Å². The van der Waals surface area contributed by atoms with Crippen LogP contribution in [-0.2, 0) is 42.2 Å². The monoisotopic (exact) mass is 1080 g/mol. The molecule has 2 N–H and O–H groups in total. The average Bonchev–Trinajstić information content (AvgIpc) is 3.41. The topological polar surface area (TPSA) is 155 Å². The van der Waals surface area contributed by atoms with Crippen molar-refractivity contribution in [3.63, 3.8) is 0 Å². The summed E-state index contributed by atoms with van der Waals surface area (Å²) in [6.07, 6.45) is 71.3. The number of esters is 3. The van der Waals surface area contributed by atoms with E-state index in [0.717, 1.165) is 122 Å². The van der Waals surface area contributed by atoms with Crippen molar-refractivity contribution in [2.75, 3.05) is 26.4 Å². The molecule has 3 atom stereocenters. The molecule has 430 valence electrons. The Bertz CT molecular complexity index is 1780. The minimum absolute atomic E-state index is 0.108. The van der Waals surface area contributed by atoms with Gasteiger partial charge in [-0.3, -0.25) is 23.4 Å². The first kappa shape index (κ1) is 71.6. The van der Waals surface area contributed by atoms with Crippen LogP contribution in [0, 0.1) is 0 Å². The number of phosphoric ester groups is 1. The van der Waals surface area contributed by atoms with E-state index in [1.165, 1.54) is 25.7 Å². The summed E-state index contributed by atoms with van der Waals surface area (Å²) in [6.45, 7) is 4.27. The van der Waals surface area contributed by atoms with Gasteiger partial charge in [-0.05, 0) is 128 Å². The second kappa shape index (κ2) is 56.8. The molecule has 0 spiro atoms. The standard InChI is InChI=1S/C64H103O11P/c1-4-7-10-13-16-19-22-25-27-29-30-32-34-37-40-43-46-49-52-55-64(68)75-61(57-71-62(66)53-50-47-44-41-38-36-33-31-28-26-23-20-17-14-11-8-5-2)59-73-76(69,70)72-58-60(56-65)74-63(67)54-51-48-45-42-39-35-24-21-18-15-12-9-6-3/h7-8,10-11,16-17,19-21,24-28,30,32-33,36-37,40-41,44,60-61,65H,4-6,9,12-15,18,22-23,29,31,34-35,38-39,42-43,45-59H2,1-3H3,(H,69,70)/b10-7-,11-8-,19-16-,20-17-,24-21-,27-25-,28-26-,32-30-,36-33-,40-37-,44-41-. The molecule has 0 aromatic rings. The highest BCUT2D eigenvalue weighted by molar-refractivity contribution is 7.47. The molecule has 0 amide bonds. The van der Waals surface area contributed by atoms with Crippen molar-refractivity contribution in [1.82, 2.24) is 0 Å². The van der Waals surface area contributed by atoms with Gasteiger partial charge in [0, 0.05) is 19.3 Å². The van der Waals surface area contributed by atoms with Crippen LogP contribution in [0.2, 0.25) is 0 Å². The maximum absolute atomic E-state index is 12.9. The summed E-state index contributed by atoms with van der Waals surface area (Å²) >= 11 is 0. The Morgan fingerprint density at radius 2 is 0.697 bits per heavy atom. The molecule has 3 unspecified atom stereocenters. The first-order valence-corrected chi connectivity index (χ1v) is 30.6. The first-order chi connectivity index (χ1) is 37.2. The Kier molecular flexibility index (Phi) is 53.5. The van der Waals surface area contributed by atoms with Crippen LogP contribution in [0.4, 0.5) is 0 Å². The highest BCUT2D eigenvalue weighted by Gasteiger charge is 2.28. The number of hydrogen-bond donors (Lipinski definition) is 2. The largest absolute Gasteiger partial charge is 0.472 e. The lowest BCUT2D eigenvalue weighted by Gasteiger charge is -2.21. The van der Waals surface area contributed by atoms with E-state index < -0.39 is 57.8 Å². The van der Waals surface area contributed by atoms with Crippen LogP contribution in [0.3, 0.4) is 0 Å². The van der Waals surface area contributed by atoms with Crippen molar-refractivity contribution in [2.45, 2.75) is 226 Å². The zero-order valence-corrected chi connectivity index (χ0v) is 48.3. The van der Waals surface area contributed by atoms with Crippen LogP contribution >= 0.6 is 7.82 Å².